The summed E-state index contributed by atoms with van der Waals surface area (Å²) in [6, 6.07) is 6.88. The quantitative estimate of drug-likeness (QED) is 0.724. The molecular formula is C21H21F3N4O3. The maximum atomic E-state index is 13.1. The van der Waals surface area contributed by atoms with Gasteiger partial charge in [-0.1, -0.05) is 19.1 Å². The minimum atomic E-state index is -4.52. The van der Waals surface area contributed by atoms with Crippen LogP contribution < -0.4 is 11.1 Å². The van der Waals surface area contributed by atoms with E-state index in [1.807, 2.05) is 6.92 Å². The molecule has 1 aromatic heterocycles. The fourth-order valence-electron chi connectivity index (χ4n) is 3.64. The van der Waals surface area contributed by atoms with E-state index < -0.39 is 35.5 Å². The number of nitrogens with two attached hydrogens (primary N) is 1. The van der Waals surface area contributed by atoms with Crippen molar-refractivity contribution in [3.05, 3.63) is 59.3 Å². The Balaban J connectivity index is 1.87. The SMILES string of the molecule is C[C@H]1CC[C@H](c2cccc(C(F)(F)F)c2)N(C(=O)C(=O)Nc2ncccc2C(N)=O)C1. The second-order valence-corrected chi connectivity index (χ2v) is 7.50. The van der Waals surface area contributed by atoms with Crippen LogP contribution in [0, 0.1) is 5.92 Å². The van der Waals surface area contributed by atoms with Crippen LogP contribution in [0.4, 0.5) is 19.0 Å². The van der Waals surface area contributed by atoms with Gasteiger partial charge in [0.15, 0.2) is 0 Å². The predicted octanol–water partition coefficient (Wildman–Crippen LogP) is 3.14. The number of rotatable bonds is 3. The molecule has 0 bridgehead atoms. The highest BCUT2D eigenvalue weighted by Crippen LogP contribution is 2.36. The van der Waals surface area contributed by atoms with Crippen LogP contribution in [0.15, 0.2) is 42.6 Å². The highest BCUT2D eigenvalue weighted by molar-refractivity contribution is 6.39. The largest absolute Gasteiger partial charge is 0.416 e. The number of primary amides is 1. The van der Waals surface area contributed by atoms with Crippen LogP contribution in [-0.4, -0.2) is 34.2 Å². The standard InChI is InChI=1S/C21H21F3N4O3/c1-12-7-8-16(13-4-2-5-14(10-13)21(22,23)24)28(11-12)20(31)19(30)27-18-15(17(25)29)6-3-9-26-18/h2-6,9-10,12,16H,7-8,11H2,1H3,(H2,25,29)(H,26,27,30)/t12-,16+/m0/s1. The summed E-state index contributed by atoms with van der Waals surface area (Å²) < 4.78 is 39.4. The Morgan fingerprint density at radius 3 is 2.58 bits per heavy atom. The number of nitrogens with one attached hydrogen (secondary N) is 1. The molecule has 3 amide bonds. The molecule has 164 valence electrons. The molecule has 1 aliphatic heterocycles. The molecule has 0 aliphatic carbocycles. The molecule has 1 aliphatic rings. The molecule has 1 aromatic carbocycles. The molecule has 1 fully saturated rings. The lowest BCUT2D eigenvalue weighted by Gasteiger charge is -2.38. The first kappa shape index (κ1) is 22.3. The van der Waals surface area contributed by atoms with Crippen molar-refractivity contribution in [2.45, 2.75) is 32.0 Å². The number of halogens is 3. The number of alkyl halides is 3. The average Bonchev–Trinajstić information content (AvgIpc) is 2.72. The van der Waals surface area contributed by atoms with Gasteiger partial charge in [0.2, 0.25) is 0 Å². The van der Waals surface area contributed by atoms with Crippen molar-refractivity contribution in [2.24, 2.45) is 11.7 Å². The van der Waals surface area contributed by atoms with Crippen LogP contribution in [0.2, 0.25) is 0 Å². The normalized spacial score (nSPS) is 19.0. The highest BCUT2D eigenvalue weighted by atomic mass is 19.4. The smallest absolute Gasteiger partial charge is 0.365 e. The third-order valence-corrected chi connectivity index (χ3v) is 5.18. The molecule has 0 spiro atoms. The minimum absolute atomic E-state index is 0.0647. The molecule has 0 saturated carbocycles. The van der Waals surface area contributed by atoms with E-state index in [-0.39, 0.29) is 23.8 Å². The second kappa shape index (κ2) is 8.75. The molecular weight excluding hydrogens is 413 g/mol. The van der Waals surface area contributed by atoms with Crippen LogP contribution in [0.5, 0.6) is 0 Å². The number of piperidine rings is 1. The Bertz CT molecular complexity index is 1010. The number of benzene rings is 1. The van der Waals surface area contributed by atoms with Crippen LogP contribution in [0.3, 0.4) is 0 Å². The summed E-state index contributed by atoms with van der Waals surface area (Å²) in [5.41, 5.74) is 4.68. The molecule has 10 heteroatoms. The summed E-state index contributed by atoms with van der Waals surface area (Å²) in [7, 11) is 0. The number of amides is 3. The average molecular weight is 434 g/mol. The van der Waals surface area contributed by atoms with Crippen LogP contribution in [0.1, 0.15) is 47.3 Å². The van der Waals surface area contributed by atoms with Gasteiger partial charge >= 0.3 is 18.0 Å². The molecule has 3 N–H and O–H groups in total. The minimum Gasteiger partial charge on any atom is -0.365 e. The zero-order chi connectivity index (χ0) is 22.8. The molecule has 0 radical (unpaired) electrons. The highest BCUT2D eigenvalue weighted by Gasteiger charge is 2.36. The van der Waals surface area contributed by atoms with Gasteiger partial charge in [-0.05, 0) is 48.6 Å². The number of hydrogen-bond donors (Lipinski definition) is 2. The van der Waals surface area contributed by atoms with Crippen LogP contribution >= 0.6 is 0 Å². The van der Waals surface area contributed by atoms with Gasteiger partial charge in [-0.3, -0.25) is 14.4 Å². The maximum Gasteiger partial charge on any atom is 0.416 e. The van der Waals surface area contributed by atoms with Gasteiger partial charge in [0.1, 0.15) is 5.82 Å². The number of pyridine rings is 1. The summed E-state index contributed by atoms with van der Waals surface area (Å²) in [6.45, 7) is 2.10. The van der Waals surface area contributed by atoms with Crippen LogP contribution in [0.25, 0.3) is 0 Å². The Labute approximate surface area is 176 Å². The Kier molecular flexibility index (Phi) is 6.28. The molecule has 1 saturated heterocycles. The predicted molar refractivity (Wildman–Crippen MR) is 106 cm³/mol. The van der Waals surface area contributed by atoms with Crippen molar-refractivity contribution in [1.82, 2.24) is 9.88 Å². The van der Waals surface area contributed by atoms with Gasteiger partial charge in [0.05, 0.1) is 17.2 Å². The van der Waals surface area contributed by atoms with E-state index in [0.717, 1.165) is 12.1 Å². The third kappa shape index (κ3) is 5.01. The number of carbonyl (C=O) groups excluding carboxylic acids is 3. The van der Waals surface area contributed by atoms with Crippen molar-refractivity contribution in [3.63, 3.8) is 0 Å². The van der Waals surface area contributed by atoms with Gasteiger partial charge in [-0.2, -0.15) is 13.2 Å². The Morgan fingerprint density at radius 1 is 1.16 bits per heavy atom. The van der Waals surface area contributed by atoms with E-state index in [1.54, 1.807) is 0 Å². The molecule has 2 heterocycles. The monoisotopic (exact) mass is 434 g/mol. The lowest BCUT2D eigenvalue weighted by atomic mass is 9.89. The van der Waals surface area contributed by atoms with Gasteiger partial charge in [-0.25, -0.2) is 4.98 Å². The molecule has 0 unspecified atom stereocenters. The summed E-state index contributed by atoms with van der Waals surface area (Å²) >= 11 is 0. The van der Waals surface area contributed by atoms with Gasteiger partial charge < -0.3 is 16.0 Å². The summed E-state index contributed by atoms with van der Waals surface area (Å²) in [4.78, 5) is 42.2. The summed E-state index contributed by atoms with van der Waals surface area (Å²) in [5.74, 6) is -2.89. The zero-order valence-corrected chi connectivity index (χ0v) is 16.6. The molecule has 2 atom stereocenters. The van der Waals surface area contributed by atoms with Crippen molar-refractivity contribution in [1.29, 1.82) is 0 Å². The first-order valence-electron chi connectivity index (χ1n) is 9.62. The Hall–Kier alpha value is -3.43. The number of nitrogens with zero attached hydrogens (tertiary/aromatic N) is 2. The summed E-state index contributed by atoms with van der Waals surface area (Å²) in [5, 5.41) is 2.29. The molecule has 2 aromatic rings. The zero-order valence-electron chi connectivity index (χ0n) is 16.6. The fraction of sp³-hybridized carbons (Fsp3) is 0.333. The summed E-state index contributed by atoms with van der Waals surface area (Å²) in [6.07, 6.45) is -2.09. The van der Waals surface area contributed by atoms with Gasteiger partial charge in [0.25, 0.3) is 5.91 Å². The number of likely N-dealkylation sites (tertiary alicyclic amines) is 1. The van der Waals surface area contributed by atoms with E-state index in [4.69, 9.17) is 5.73 Å². The van der Waals surface area contributed by atoms with E-state index in [1.165, 1.54) is 35.4 Å². The fourth-order valence-corrected chi connectivity index (χ4v) is 3.64. The number of aromatic nitrogens is 1. The van der Waals surface area contributed by atoms with Gasteiger partial charge in [-0.15, -0.1) is 0 Å². The van der Waals surface area contributed by atoms with E-state index >= 15 is 0 Å². The second-order valence-electron chi connectivity index (χ2n) is 7.50. The third-order valence-electron chi connectivity index (χ3n) is 5.18. The number of anilines is 1. The van der Waals surface area contributed by atoms with E-state index in [9.17, 15) is 27.6 Å². The molecule has 31 heavy (non-hydrogen) atoms. The molecule has 7 nitrogen and oxygen atoms in total. The van der Waals surface area contributed by atoms with Crippen molar-refractivity contribution < 1.29 is 27.6 Å². The van der Waals surface area contributed by atoms with Gasteiger partial charge in [0, 0.05) is 12.7 Å². The van der Waals surface area contributed by atoms with Crippen LogP contribution in [-0.2, 0) is 15.8 Å². The Morgan fingerprint density at radius 2 is 1.90 bits per heavy atom. The van der Waals surface area contributed by atoms with E-state index in [2.05, 4.69) is 10.3 Å². The molecule has 3 rings (SSSR count). The van der Waals surface area contributed by atoms with Crippen molar-refractivity contribution in [3.8, 4) is 0 Å². The lowest BCUT2D eigenvalue weighted by molar-refractivity contribution is -0.146. The van der Waals surface area contributed by atoms with E-state index in [0.29, 0.717) is 18.4 Å². The first-order valence-corrected chi connectivity index (χ1v) is 9.62. The lowest BCUT2D eigenvalue weighted by Crippen LogP contribution is -2.46. The van der Waals surface area contributed by atoms with Crippen molar-refractivity contribution >= 4 is 23.5 Å². The number of carbonyl (C=O) groups is 3. The topological polar surface area (TPSA) is 105 Å². The van der Waals surface area contributed by atoms with Crippen molar-refractivity contribution in [2.75, 3.05) is 11.9 Å². The number of hydrogen-bond acceptors (Lipinski definition) is 4. The maximum absolute atomic E-state index is 13.1. The first-order chi connectivity index (χ1) is 14.6.